The number of benzene rings is 1. The number of anilines is 1. The molecule has 3 nitrogen and oxygen atoms in total. The van der Waals surface area contributed by atoms with Crippen molar-refractivity contribution in [3.63, 3.8) is 0 Å². The van der Waals surface area contributed by atoms with E-state index >= 15 is 0 Å². The van der Waals surface area contributed by atoms with Crippen molar-refractivity contribution in [2.75, 3.05) is 11.9 Å². The molecule has 0 saturated heterocycles. The molecule has 0 amide bonds. The van der Waals surface area contributed by atoms with E-state index in [0.29, 0.717) is 0 Å². The van der Waals surface area contributed by atoms with Gasteiger partial charge in [-0.3, -0.25) is 4.79 Å². The number of unbranched alkanes of at least 4 members (excludes halogenated alkanes) is 2. The minimum absolute atomic E-state index is 0.102. The van der Waals surface area contributed by atoms with Crippen LogP contribution in [0.4, 0.5) is 5.82 Å². The first-order valence-corrected chi connectivity index (χ1v) is 6.59. The number of Topliss-reactive ketones (excluding diaryl/α,β-unsaturated/α-hetero) is 1. The first kappa shape index (κ1) is 12.7. The van der Waals surface area contributed by atoms with Gasteiger partial charge < -0.3 is 10.3 Å². The molecule has 0 saturated carbocycles. The quantitative estimate of drug-likeness (QED) is 0.596. The van der Waals surface area contributed by atoms with Gasteiger partial charge >= 0.3 is 0 Å². The zero-order valence-electron chi connectivity index (χ0n) is 11.0. The van der Waals surface area contributed by atoms with Crippen LogP contribution in [-0.4, -0.2) is 17.3 Å². The summed E-state index contributed by atoms with van der Waals surface area (Å²) in [6.45, 7) is 4.71. The van der Waals surface area contributed by atoms with Gasteiger partial charge in [0.1, 0.15) is 5.82 Å². The van der Waals surface area contributed by atoms with E-state index in [4.69, 9.17) is 0 Å². The maximum Gasteiger partial charge on any atom is 0.164 e. The van der Waals surface area contributed by atoms with Gasteiger partial charge in [0.05, 0.1) is 5.56 Å². The van der Waals surface area contributed by atoms with Crippen molar-refractivity contribution < 1.29 is 4.79 Å². The molecule has 2 rings (SSSR count). The zero-order chi connectivity index (χ0) is 13.0. The Labute approximate surface area is 108 Å². The smallest absolute Gasteiger partial charge is 0.164 e. The Balaban J connectivity index is 2.25. The van der Waals surface area contributed by atoms with E-state index in [9.17, 15) is 4.79 Å². The summed E-state index contributed by atoms with van der Waals surface area (Å²) in [6, 6.07) is 7.92. The maximum absolute atomic E-state index is 11.8. The van der Waals surface area contributed by atoms with Gasteiger partial charge in [-0.05, 0) is 19.4 Å². The third-order valence-corrected chi connectivity index (χ3v) is 3.14. The molecule has 0 aliphatic carbocycles. The number of hydrogen-bond donors (Lipinski definition) is 2. The second kappa shape index (κ2) is 5.71. The van der Waals surface area contributed by atoms with Gasteiger partial charge in [0.15, 0.2) is 5.78 Å². The van der Waals surface area contributed by atoms with Gasteiger partial charge in [-0.15, -0.1) is 0 Å². The summed E-state index contributed by atoms with van der Waals surface area (Å²) in [6.07, 6.45) is 3.54. The summed E-state index contributed by atoms with van der Waals surface area (Å²) in [7, 11) is 0. The van der Waals surface area contributed by atoms with E-state index in [1.165, 1.54) is 12.8 Å². The van der Waals surface area contributed by atoms with E-state index in [-0.39, 0.29) is 5.78 Å². The molecule has 1 aromatic heterocycles. The first-order chi connectivity index (χ1) is 8.74. The molecule has 18 heavy (non-hydrogen) atoms. The summed E-state index contributed by atoms with van der Waals surface area (Å²) >= 11 is 0. The number of rotatable bonds is 6. The lowest BCUT2D eigenvalue weighted by Crippen LogP contribution is -2.05. The number of ketones is 1. The first-order valence-electron chi connectivity index (χ1n) is 6.59. The summed E-state index contributed by atoms with van der Waals surface area (Å²) in [5, 5.41) is 4.35. The molecule has 0 atom stereocenters. The number of carbonyl (C=O) groups is 1. The van der Waals surface area contributed by atoms with Gasteiger partial charge in [-0.1, -0.05) is 38.0 Å². The van der Waals surface area contributed by atoms with E-state index in [2.05, 4.69) is 17.2 Å². The SMILES string of the molecule is CCCCCNc1[nH]c2ccccc2c1C(C)=O. The summed E-state index contributed by atoms with van der Waals surface area (Å²) in [4.78, 5) is 15.1. The molecule has 1 aromatic carbocycles. The predicted molar refractivity (Wildman–Crippen MR) is 76.3 cm³/mol. The Kier molecular flexibility index (Phi) is 4.03. The standard InChI is InChI=1S/C15H20N2O/c1-3-4-7-10-16-15-14(11(2)18)12-8-5-6-9-13(12)17-15/h5-6,8-9,16-17H,3-4,7,10H2,1-2H3. The Morgan fingerprint density at radius 2 is 2.06 bits per heavy atom. The Morgan fingerprint density at radius 3 is 2.78 bits per heavy atom. The van der Waals surface area contributed by atoms with Crippen molar-refractivity contribution in [3.8, 4) is 0 Å². The highest BCUT2D eigenvalue weighted by Crippen LogP contribution is 2.26. The fourth-order valence-electron chi connectivity index (χ4n) is 2.23. The molecule has 2 N–H and O–H groups in total. The van der Waals surface area contributed by atoms with Crippen molar-refractivity contribution in [2.24, 2.45) is 0 Å². The number of aromatic nitrogens is 1. The average molecular weight is 244 g/mol. The minimum atomic E-state index is 0.102. The van der Waals surface area contributed by atoms with E-state index in [0.717, 1.165) is 35.2 Å². The molecule has 0 radical (unpaired) electrons. The molecule has 0 fully saturated rings. The van der Waals surface area contributed by atoms with Crippen LogP contribution in [0.5, 0.6) is 0 Å². The maximum atomic E-state index is 11.8. The van der Waals surface area contributed by atoms with Crippen LogP contribution in [0.15, 0.2) is 24.3 Å². The number of para-hydroxylation sites is 1. The molecule has 0 unspecified atom stereocenters. The highest BCUT2D eigenvalue weighted by atomic mass is 16.1. The molecular weight excluding hydrogens is 224 g/mol. The van der Waals surface area contributed by atoms with Crippen molar-refractivity contribution in [3.05, 3.63) is 29.8 Å². The summed E-state index contributed by atoms with van der Waals surface area (Å²) in [5.41, 5.74) is 1.79. The normalized spacial score (nSPS) is 10.8. The van der Waals surface area contributed by atoms with Crippen LogP contribution in [0, 0.1) is 0 Å². The van der Waals surface area contributed by atoms with Crippen LogP contribution in [0.25, 0.3) is 10.9 Å². The number of nitrogens with one attached hydrogen (secondary N) is 2. The van der Waals surface area contributed by atoms with Gasteiger partial charge in [-0.2, -0.15) is 0 Å². The number of aromatic amines is 1. The highest BCUT2D eigenvalue weighted by Gasteiger charge is 2.14. The van der Waals surface area contributed by atoms with Gasteiger partial charge in [0.25, 0.3) is 0 Å². The molecule has 96 valence electrons. The Morgan fingerprint density at radius 1 is 1.28 bits per heavy atom. The van der Waals surface area contributed by atoms with Crippen LogP contribution in [-0.2, 0) is 0 Å². The van der Waals surface area contributed by atoms with Crippen LogP contribution in [0.1, 0.15) is 43.5 Å². The van der Waals surface area contributed by atoms with Crippen LogP contribution in [0.2, 0.25) is 0 Å². The lowest BCUT2D eigenvalue weighted by atomic mass is 10.1. The Hall–Kier alpha value is -1.77. The van der Waals surface area contributed by atoms with E-state index in [1.54, 1.807) is 6.92 Å². The van der Waals surface area contributed by atoms with E-state index < -0.39 is 0 Å². The summed E-state index contributed by atoms with van der Waals surface area (Å²) in [5.74, 6) is 0.963. The summed E-state index contributed by atoms with van der Waals surface area (Å²) < 4.78 is 0. The predicted octanol–water partition coefficient (Wildman–Crippen LogP) is 3.97. The van der Waals surface area contributed by atoms with Crippen LogP contribution < -0.4 is 5.32 Å². The molecule has 0 aliphatic rings. The molecule has 0 spiro atoms. The van der Waals surface area contributed by atoms with Crippen LogP contribution in [0.3, 0.4) is 0 Å². The average Bonchev–Trinajstić information content (AvgIpc) is 2.73. The number of H-pyrrole nitrogens is 1. The second-order valence-corrected chi connectivity index (χ2v) is 4.61. The number of carbonyl (C=O) groups excluding carboxylic acids is 1. The van der Waals surface area contributed by atoms with Gasteiger partial charge in [0.2, 0.25) is 0 Å². The van der Waals surface area contributed by atoms with Gasteiger partial charge in [0, 0.05) is 17.4 Å². The number of hydrogen-bond acceptors (Lipinski definition) is 2. The molecule has 3 heteroatoms. The van der Waals surface area contributed by atoms with Crippen molar-refractivity contribution in [1.82, 2.24) is 4.98 Å². The topological polar surface area (TPSA) is 44.9 Å². The Bertz CT molecular complexity index is 542. The molecule has 0 aliphatic heterocycles. The highest BCUT2D eigenvalue weighted by molar-refractivity contribution is 6.11. The molecule has 0 bridgehead atoms. The fourth-order valence-corrected chi connectivity index (χ4v) is 2.23. The molecule has 2 aromatic rings. The molecular formula is C15H20N2O. The van der Waals surface area contributed by atoms with Gasteiger partial charge in [-0.25, -0.2) is 0 Å². The largest absolute Gasteiger partial charge is 0.371 e. The van der Waals surface area contributed by atoms with Crippen molar-refractivity contribution in [2.45, 2.75) is 33.1 Å². The fraction of sp³-hybridized carbons (Fsp3) is 0.400. The van der Waals surface area contributed by atoms with Crippen molar-refractivity contribution in [1.29, 1.82) is 0 Å². The van der Waals surface area contributed by atoms with Crippen molar-refractivity contribution >= 4 is 22.5 Å². The second-order valence-electron chi connectivity index (χ2n) is 4.61. The number of fused-ring (bicyclic) bond motifs is 1. The van der Waals surface area contributed by atoms with E-state index in [1.807, 2.05) is 24.3 Å². The lowest BCUT2D eigenvalue weighted by molar-refractivity contribution is 0.102. The lowest BCUT2D eigenvalue weighted by Gasteiger charge is -2.05. The van der Waals surface area contributed by atoms with Crippen LogP contribution >= 0.6 is 0 Å². The third kappa shape index (κ3) is 2.55. The monoisotopic (exact) mass is 244 g/mol. The molecule has 1 heterocycles. The third-order valence-electron chi connectivity index (χ3n) is 3.14. The minimum Gasteiger partial charge on any atom is -0.371 e. The zero-order valence-corrected chi connectivity index (χ0v) is 11.0.